The topological polar surface area (TPSA) is 46.6 Å². The van der Waals surface area contributed by atoms with Crippen LogP contribution in [0.15, 0.2) is 0 Å². The third-order valence-electron chi connectivity index (χ3n) is 1.17. The Kier molecular flexibility index (Phi) is 1.48. The van der Waals surface area contributed by atoms with Gasteiger partial charge in [0.2, 0.25) is 0 Å². The van der Waals surface area contributed by atoms with Crippen molar-refractivity contribution >= 4 is 11.7 Å². The fraction of sp³-hybridized carbons (Fsp3) is 0.600. The SMILES string of the molecule is CON1CC(=O)CC1=O. The molecule has 1 aliphatic rings. The van der Waals surface area contributed by atoms with E-state index < -0.39 is 0 Å². The number of carbonyl (C=O) groups excluding carboxylic acids is 2. The van der Waals surface area contributed by atoms with Gasteiger partial charge in [0.25, 0.3) is 5.91 Å². The third-order valence-corrected chi connectivity index (χ3v) is 1.17. The molecule has 9 heavy (non-hydrogen) atoms. The van der Waals surface area contributed by atoms with Crippen LogP contribution in [0.5, 0.6) is 0 Å². The Morgan fingerprint density at radius 3 is 2.44 bits per heavy atom. The first-order valence-corrected chi connectivity index (χ1v) is 2.60. The minimum Gasteiger partial charge on any atom is -0.297 e. The maximum absolute atomic E-state index is 10.6. The molecule has 0 unspecified atom stereocenters. The van der Waals surface area contributed by atoms with E-state index in [0.29, 0.717) is 0 Å². The molecule has 0 spiro atoms. The van der Waals surface area contributed by atoms with E-state index in [2.05, 4.69) is 4.84 Å². The van der Waals surface area contributed by atoms with Crippen LogP contribution >= 0.6 is 0 Å². The van der Waals surface area contributed by atoms with Crippen LogP contribution in [-0.4, -0.2) is 30.4 Å². The molecule has 0 aromatic carbocycles. The standard InChI is InChI=1S/C5H7NO3/c1-9-6-3-4(7)2-5(6)8/h2-3H2,1H3. The maximum Gasteiger partial charge on any atom is 0.254 e. The van der Waals surface area contributed by atoms with Crippen LogP contribution in [0.4, 0.5) is 0 Å². The molecule has 0 atom stereocenters. The van der Waals surface area contributed by atoms with E-state index in [1.54, 1.807) is 0 Å². The number of amides is 1. The predicted molar refractivity (Wildman–Crippen MR) is 28.3 cm³/mol. The number of hydrogen-bond donors (Lipinski definition) is 0. The van der Waals surface area contributed by atoms with Crippen molar-refractivity contribution in [2.75, 3.05) is 13.7 Å². The van der Waals surface area contributed by atoms with Crippen molar-refractivity contribution in [2.45, 2.75) is 6.42 Å². The van der Waals surface area contributed by atoms with Crippen molar-refractivity contribution in [3.63, 3.8) is 0 Å². The number of Topliss-reactive ketones (excluding diaryl/α,β-unsaturated/α-hetero) is 1. The third kappa shape index (κ3) is 1.08. The van der Waals surface area contributed by atoms with E-state index in [1.807, 2.05) is 0 Å². The molecule has 0 bridgehead atoms. The zero-order valence-corrected chi connectivity index (χ0v) is 5.09. The minimum atomic E-state index is -0.248. The minimum absolute atomic E-state index is 0.00611. The first-order valence-electron chi connectivity index (χ1n) is 2.60. The summed E-state index contributed by atoms with van der Waals surface area (Å²) in [5, 5.41) is 1.06. The summed E-state index contributed by atoms with van der Waals surface area (Å²) in [5.74, 6) is -0.329. The second-order valence-electron chi connectivity index (χ2n) is 1.83. The van der Waals surface area contributed by atoms with Crippen LogP contribution in [0, 0.1) is 0 Å². The molecule has 0 aromatic heterocycles. The summed E-state index contributed by atoms with van der Waals surface area (Å²) in [4.78, 5) is 25.6. The molecule has 1 rings (SSSR count). The van der Waals surface area contributed by atoms with Gasteiger partial charge in [-0.2, -0.15) is 0 Å². The zero-order valence-electron chi connectivity index (χ0n) is 5.09. The Morgan fingerprint density at radius 2 is 2.22 bits per heavy atom. The van der Waals surface area contributed by atoms with Crippen molar-refractivity contribution < 1.29 is 14.4 Å². The van der Waals surface area contributed by atoms with Crippen LogP contribution in [-0.2, 0) is 14.4 Å². The molecule has 0 aliphatic carbocycles. The highest BCUT2D eigenvalue weighted by Gasteiger charge is 2.27. The average Bonchev–Trinajstić information content (AvgIpc) is 2.10. The van der Waals surface area contributed by atoms with Crippen molar-refractivity contribution in [2.24, 2.45) is 0 Å². The second kappa shape index (κ2) is 2.14. The first-order chi connectivity index (χ1) is 4.24. The van der Waals surface area contributed by atoms with E-state index in [9.17, 15) is 9.59 Å². The lowest BCUT2D eigenvalue weighted by Crippen LogP contribution is -2.23. The van der Waals surface area contributed by atoms with Gasteiger partial charge >= 0.3 is 0 Å². The molecule has 1 fully saturated rings. The monoisotopic (exact) mass is 129 g/mol. The number of ketones is 1. The Balaban J connectivity index is 2.58. The van der Waals surface area contributed by atoms with Crippen LogP contribution in [0.3, 0.4) is 0 Å². The van der Waals surface area contributed by atoms with Crippen LogP contribution in [0.2, 0.25) is 0 Å². The van der Waals surface area contributed by atoms with E-state index in [0.717, 1.165) is 5.06 Å². The molecule has 1 amide bonds. The highest BCUT2D eigenvalue weighted by atomic mass is 16.7. The quantitative estimate of drug-likeness (QED) is 0.442. The summed E-state index contributed by atoms with van der Waals surface area (Å²) >= 11 is 0. The number of hydrogen-bond acceptors (Lipinski definition) is 3. The van der Waals surface area contributed by atoms with Gasteiger partial charge in [-0.05, 0) is 0 Å². The van der Waals surface area contributed by atoms with Gasteiger partial charge in [-0.1, -0.05) is 0 Å². The molecule has 50 valence electrons. The van der Waals surface area contributed by atoms with E-state index in [-0.39, 0.29) is 24.7 Å². The lowest BCUT2D eigenvalue weighted by Gasteiger charge is -2.08. The van der Waals surface area contributed by atoms with E-state index in [4.69, 9.17) is 0 Å². The maximum atomic E-state index is 10.6. The molecule has 4 heteroatoms. The molecule has 4 nitrogen and oxygen atoms in total. The highest BCUT2D eigenvalue weighted by Crippen LogP contribution is 2.04. The Hall–Kier alpha value is -0.900. The number of nitrogens with zero attached hydrogens (tertiary/aromatic N) is 1. The molecular weight excluding hydrogens is 122 g/mol. The highest BCUT2D eigenvalue weighted by molar-refractivity contribution is 6.04. The van der Waals surface area contributed by atoms with Gasteiger partial charge in [-0.3, -0.25) is 14.4 Å². The predicted octanol–water partition coefficient (Wildman–Crippen LogP) is -0.651. The van der Waals surface area contributed by atoms with Gasteiger partial charge in [-0.25, -0.2) is 5.06 Å². The summed E-state index contributed by atoms with van der Waals surface area (Å²) in [7, 11) is 1.37. The van der Waals surface area contributed by atoms with Crippen LogP contribution in [0.1, 0.15) is 6.42 Å². The molecule has 0 N–H and O–H groups in total. The fourth-order valence-corrected chi connectivity index (χ4v) is 0.727. The van der Waals surface area contributed by atoms with E-state index in [1.165, 1.54) is 7.11 Å². The molecule has 1 heterocycles. The van der Waals surface area contributed by atoms with Gasteiger partial charge in [0.05, 0.1) is 13.5 Å². The average molecular weight is 129 g/mol. The van der Waals surface area contributed by atoms with Crippen LogP contribution < -0.4 is 0 Å². The molecule has 0 aromatic rings. The van der Waals surface area contributed by atoms with Gasteiger partial charge < -0.3 is 0 Å². The molecule has 0 saturated carbocycles. The van der Waals surface area contributed by atoms with Crippen molar-refractivity contribution in [1.82, 2.24) is 5.06 Å². The summed E-state index contributed by atoms with van der Waals surface area (Å²) in [6.45, 7) is 0.106. The van der Waals surface area contributed by atoms with Gasteiger partial charge in [0.15, 0.2) is 5.78 Å². The van der Waals surface area contributed by atoms with Gasteiger partial charge in [0, 0.05) is 0 Å². The lowest BCUT2D eigenvalue weighted by molar-refractivity contribution is -0.167. The Labute approximate surface area is 52.3 Å². The van der Waals surface area contributed by atoms with Gasteiger partial charge in [-0.15, -0.1) is 0 Å². The first kappa shape index (κ1) is 6.22. The Bertz CT molecular complexity index is 154. The largest absolute Gasteiger partial charge is 0.297 e. The second-order valence-corrected chi connectivity index (χ2v) is 1.83. The number of carbonyl (C=O) groups is 2. The molecule has 0 radical (unpaired) electrons. The zero-order chi connectivity index (χ0) is 6.85. The normalized spacial score (nSPS) is 19.4. The lowest BCUT2D eigenvalue weighted by atomic mass is 10.3. The molecular formula is C5H7NO3. The summed E-state index contributed by atoms with van der Waals surface area (Å²) in [5.41, 5.74) is 0. The fourth-order valence-electron chi connectivity index (χ4n) is 0.727. The number of hydroxylamine groups is 2. The summed E-state index contributed by atoms with van der Waals surface area (Å²) in [6.07, 6.45) is -0.00611. The van der Waals surface area contributed by atoms with Crippen molar-refractivity contribution in [1.29, 1.82) is 0 Å². The summed E-state index contributed by atoms with van der Waals surface area (Å²) < 4.78 is 0. The van der Waals surface area contributed by atoms with E-state index >= 15 is 0 Å². The summed E-state index contributed by atoms with van der Waals surface area (Å²) in [6, 6.07) is 0. The van der Waals surface area contributed by atoms with Gasteiger partial charge in [0.1, 0.15) is 6.54 Å². The molecule has 1 saturated heterocycles. The van der Waals surface area contributed by atoms with Crippen LogP contribution in [0.25, 0.3) is 0 Å². The molecule has 1 aliphatic heterocycles. The Morgan fingerprint density at radius 1 is 1.56 bits per heavy atom. The smallest absolute Gasteiger partial charge is 0.254 e. The van der Waals surface area contributed by atoms with Crippen molar-refractivity contribution in [3.8, 4) is 0 Å². The van der Waals surface area contributed by atoms with Crippen molar-refractivity contribution in [3.05, 3.63) is 0 Å². The number of rotatable bonds is 1.